The predicted molar refractivity (Wildman–Crippen MR) is 79.2 cm³/mol. The lowest BCUT2D eigenvalue weighted by Crippen LogP contribution is -1.85. The summed E-state index contributed by atoms with van der Waals surface area (Å²) in [6, 6.07) is 17.5. The average molecular weight is 268 g/mol. The molecule has 3 nitrogen and oxygen atoms in total. The van der Waals surface area contributed by atoms with Gasteiger partial charge in [-0.1, -0.05) is 30.3 Å². The number of oxazole rings is 1. The van der Waals surface area contributed by atoms with E-state index in [1.54, 1.807) is 0 Å². The van der Waals surface area contributed by atoms with Crippen LogP contribution in [0.3, 0.4) is 0 Å². The highest BCUT2D eigenvalue weighted by molar-refractivity contribution is 7.71. The smallest absolute Gasteiger partial charge is 0.266 e. The lowest BCUT2D eigenvalue weighted by Gasteiger charge is -2.02. The van der Waals surface area contributed by atoms with Gasteiger partial charge < -0.3 is 15.1 Å². The number of hydrogen-bond acceptors (Lipinski definition) is 3. The third-order valence-corrected chi connectivity index (χ3v) is 3.07. The van der Waals surface area contributed by atoms with Gasteiger partial charge in [0.2, 0.25) is 0 Å². The van der Waals surface area contributed by atoms with Crippen molar-refractivity contribution in [1.82, 2.24) is 4.98 Å². The molecule has 2 aromatic carbocycles. The first-order valence-electron chi connectivity index (χ1n) is 5.88. The van der Waals surface area contributed by atoms with Crippen LogP contribution in [0.1, 0.15) is 0 Å². The van der Waals surface area contributed by atoms with Gasteiger partial charge in [-0.15, -0.1) is 0 Å². The maximum atomic E-state index is 5.70. The first-order valence-corrected chi connectivity index (χ1v) is 6.29. The van der Waals surface area contributed by atoms with E-state index < -0.39 is 0 Å². The van der Waals surface area contributed by atoms with Gasteiger partial charge in [0, 0.05) is 16.8 Å². The first kappa shape index (κ1) is 11.7. The van der Waals surface area contributed by atoms with Gasteiger partial charge in [0.15, 0.2) is 5.76 Å². The van der Waals surface area contributed by atoms with E-state index >= 15 is 0 Å². The van der Waals surface area contributed by atoms with E-state index in [4.69, 9.17) is 22.4 Å². The minimum absolute atomic E-state index is 0.366. The molecule has 3 rings (SSSR count). The Morgan fingerprint density at radius 3 is 2.26 bits per heavy atom. The number of rotatable bonds is 2. The number of H-pyrrole nitrogens is 1. The Morgan fingerprint density at radius 2 is 1.58 bits per heavy atom. The second-order valence-corrected chi connectivity index (χ2v) is 4.58. The fraction of sp³-hybridized carbons (Fsp3) is 0. The zero-order valence-electron chi connectivity index (χ0n) is 10.1. The van der Waals surface area contributed by atoms with Crippen molar-refractivity contribution < 1.29 is 4.42 Å². The summed E-state index contributed by atoms with van der Waals surface area (Å²) in [5.74, 6) is 0.733. The van der Waals surface area contributed by atoms with Gasteiger partial charge in [-0.3, -0.25) is 0 Å². The summed E-state index contributed by atoms with van der Waals surface area (Å²) < 4.78 is 5.61. The van der Waals surface area contributed by atoms with Gasteiger partial charge in [0.25, 0.3) is 4.84 Å². The molecule has 1 aromatic heterocycles. The molecular weight excluding hydrogens is 256 g/mol. The van der Waals surface area contributed by atoms with Crippen LogP contribution >= 0.6 is 12.2 Å². The van der Waals surface area contributed by atoms with Crippen LogP contribution in [-0.4, -0.2) is 4.98 Å². The van der Waals surface area contributed by atoms with Gasteiger partial charge in [-0.25, -0.2) is 0 Å². The molecule has 0 unspecified atom stereocenters. The molecule has 0 atom stereocenters. The largest absolute Gasteiger partial charge is 0.429 e. The van der Waals surface area contributed by atoms with E-state index in [1.807, 2.05) is 54.6 Å². The van der Waals surface area contributed by atoms with Crippen LogP contribution in [0.4, 0.5) is 5.69 Å². The summed E-state index contributed by atoms with van der Waals surface area (Å²) in [6.45, 7) is 0. The van der Waals surface area contributed by atoms with E-state index in [0.29, 0.717) is 4.84 Å². The van der Waals surface area contributed by atoms with E-state index in [9.17, 15) is 0 Å². The number of anilines is 1. The summed E-state index contributed by atoms with van der Waals surface area (Å²) in [5, 5.41) is 0. The molecule has 0 aliphatic carbocycles. The zero-order chi connectivity index (χ0) is 13.2. The van der Waals surface area contributed by atoms with Crippen LogP contribution in [0, 0.1) is 4.84 Å². The third-order valence-electron chi connectivity index (χ3n) is 2.88. The molecule has 1 heterocycles. The Balaban J connectivity index is 2.17. The van der Waals surface area contributed by atoms with Crippen molar-refractivity contribution in [2.75, 3.05) is 5.73 Å². The topological polar surface area (TPSA) is 54.9 Å². The molecule has 3 N–H and O–H groups in total. The van der Waals surface area contributed by atoms with E-state index in [-0.39, 0.29) is 0 Å². The summed E-state index contributed by atoms with van der Waals surface area (Å²) in [5.41, 5.74) is 9.29. The molecule has 94 valence electrons. The van der Waals surface area contributed by atoms with Crippen molar-refractivity contribution in [1.29, 1.82) is 0 Å². The van der Waals surface area contributed by atoms with Crippen LogP contribution in [0.15, 0.2) is 59.0 Å². The lowest BCUT2D eigenvalue weighted by atomic mass is 10.1. The molecule has 0 aliphatic heterocycles. The van der Waals surface area contributed by atoms with E-state index in [1.165, 1.54) is 0 Å². The molecule has 19 heavy (non-hydrogen) atoms. The second kappa shape index (κ2) is 4.74. The van der Waals surface area contributed by atoms with Gasteiger partial charge in [-0.05, 0) is 36.5 Å². The molecule has 0 fully saturated rings. The minimum Gasteiger partial charge on any atom is -0.429 e. The third kappa shape index (κ3) is 2.30. The van der Waals surface area contributed by atoms with Gasteiger partial charge in [-0.2, -0.15) is 0 Å². The van der Waals surface area contributed by atoms with Crippen molar-refractivity contribution in [2.24, 2.45) is 0 Å². The molecule has 4 heteroatoms. The maximum absolute atomic E-state index is 5.70. The minimum atomic E-state index is 0.366. The maximum Gasteiger partial charge on any atom is 0.266 e. The Kier molecular flexibility index (Phi) is 2.93. The number of nitrogens with one attached hydrogen (secondary N) is 1. The molecule has 0 radical (unpaired) electrons. The van der Waals surface area contributed by atoms with Crippen LogP contribution in [-0.2, 0) is 0 Å². The first-order chi connectivity index (χ1) is 9.24. The molecule has 0 amide bonds. The number of aromatic nitrogens is 1. The van der Waals surface area contributed by atoms with Crippen LogP contribution in [0.25, 0.3) is 22.6 Å². The fourth-order valence-electron chi connectivity index (χ4n) is 1.97. The standard InChI is InChI=1S/C15H12N2OS/c16-12-8-6-11(7-9-12)14-13(17-15(19)18-14)10-4-2-1-3-5-10/h1-9H,16H2,(H,17,19). The highest BCUT2D eigenvalue weighted by Crippen LogP contribution is 2.31. The Labute approximate surface area is 115 Å². The summed E-state index contributed by atoms with van der Waals surface area (Å²) in [6.07, 6.45) is 0. The van der Waals surface area contributed by atoms with Crippen molar-refractivity contribution in [3.63, 3.8) is 0 Å². The highest BCUT2D eigenvalue weighted by atomic mass is 32.1. The van der Waals surface area contributed by atoms with Crippen LogP contribution in [0.2, 0.25) is 0 Å². The second-order valence-electron chi connectivity index (χ2n) is 4.21. The summed E-state index contributed by atoms with van der Waals surface area (Å²) in [4.78, 5) is 3.46. The molecular formula is C15H12N2OS. The van der Waals surface area contributed by atoms with Crippen molar-refractivity contribution >= 4 is 17.9 Å². The molecule has 0 aliphatic rings. The zero-order valence-corrected chi connectivity index (χ0v) is 10.9. The summed E-state index contributed by atoms with van der Waals surface area (Å²) >= 11 is 5.10. The van der Waals surface area contributed by atoms with E-state index in [0.717, 1.165) is 28.3 Å². The molecule has 0 saturated carbocycles. The van der Waals surface area contributed by atoms with Crippen LogP contribution in [0.5, 0.6) is 0 Å². The van der Waals surface area contributed by atoms with Crippen molar-refractivity contribution in [2.45, 2.75) is 0 Å². The van der Waals surface area contributed by atoms with Gasteiger partial charge in [0.1, 0.15) is 0 Å². The van der Waals surface area contributed by atoms with Gasteiger partial charge in [0.05, 0.1) is 5.69 Å². The predicted octanol–water partition coefficient (Wildman–Crippen LogP) is 4.25. The van der Waals surface area contributed by atoms with Gasteiger partial charge >= 0.3 is 0 Å². The monoisotopic (exact) mass is 268 g/mol. The lowest BCUT2D eigenvalue weighted by molar-refractivity contribution is 0.554. The Hall–Kier alpha value is -2.33. The molecule has 3 aromatic rings. The Morgan fingerprint density at radius 1 is 0.895 bits per heavy atom. The number of nitrogens with two attached hydrogens (primary N) is 1. The summed E-state index contributed by atoms with van der Waals surface area (Å²) in [7, 11) is 0. The average Bonchev–Trinajstić information content (AvgIpc) is 2.83. The molecule has 0 spiro atoms. The highest BCUT2D eigenvalue weighted by Gasteiger charge is 2.12. The number of aromatic amines is 1. The van der Waals surface area contributed by atoms with Crippen LogP contribution < -0.4 is 5.73 Å². The SMILES string of the molecule is Nc1ccc(-c2oc(=S)[nH]c2-c2ccccc2)cc1. The number of hydrogen-bond donors (Lipinski definition) is 2. The molecule has 0 bridgehead atoms. The number of benzene rings is 2. The fourth-order valence-corrected chi connectivity index (χ4v) is 2.16. The van der Waals surface area contributed by atoms with Crippen molar-refractivity contribution in [3.05, 3.63) is 59.4 Å². The Bertz CT molecular complexity index is 742. The van der Waals surface area contributed by atoms with E-state index in [2.05, 4.69) is 4.98 Å². The quantitative estimate of drug-likeness (QED) is 0.539. The van der Waals surface area contributed by atoms with Crippen molar-refractivity contribution in [3.8, 4) is 22.6 Å². The number of nitrogen functional groups attached to an aromatic ring is 1. The normalized spacial score (nSPS) is 10.5. The molecule has 0 saturated heterocycles.